The third kappa shape index (κ3) is 4.33. The predicted octanol–water partition coefficient (Wildman–Crippen LogP) is 1.39. The summed E-state index contributed by atoms with van der Waals surface area (Å²) in [5.41, 5.74) is 0. The van der Waals surface area contributed by atoms with Crippen molar-refractivity contribution in [1.29, 1.82) is 0 Å². The van der Waals surface area contributed by atoms with Crippen LogP contribution in [0.1, 0.15) is 13.8 Å². The summed E-state index contributed by atoms with van der Waals surface area (Å²) in [7, 11) is 0. The van der Waals surface area contributed by atoms with Gasteiger partial charge in [-0.25, -0.2) is 4.98 Å². The second kappa shape index (κ2) is 5.29. The smallest absolute Gasteiger partial charge is 0.0946 e. The highest BCUT2D eigenvalue weighted by atomic mass is 32.2. The summed E-state index contributed by atoms with van der Waals surface area (Å²) in [6, 6.07) is 0. The summed E-state index contributed by atoms with van der Waals surface area (Å²) in [5.74, 6) is 0.788. The molecule has 0 fully saturated rings. The average molecular weight is 200 g/mol. The maximum absolute atomic E-state index is 9.60. The van der Waals surface area contributed by atoms with Gasteiger partial charge in [-0.05, 0) is 5.25 Å². The minimum absolute atomic E-state index is 0.276. The van der Waals surface area contributed by atoms with Crippen LogP contribution in [-0.2, 0) is 6.54 Å². The Hall–Kier alpha value is -0.480. The Morgan fingerprint density at radius 3 is 2.85 bits per heavy atom. The van der Waals surface area contributed by atoms with E-state index in [1.165, 1.54) is 0 Å². The molecule has 74 valence electrons. The Balaban J connectivity index is 2.22. The summed E-state index contributed by atoms with van der Waals surface area (Å²) in [5, 5.41) is 10.2. The lowest BCUT2D eigenvalue weighted by Crippen LogP contribution is -2.18. The lowest BCUT2D eigenvalue weighted by Gasteiger charge is -2.12. The second-order valence-electron chi connectivity index (χ2n) is 3.30. The molecule has 0 aliphatic carbocycles. The lowest BCUT2D eigenvalue weighted by molar-refractivity contribution is 0.178. The van der Waals surface area contributed by atoms with Gasteiger partial charge in [0.05, 0.1) is 19.0 Å². The summed E-state index contributed by atoms with van der Waals surface area (Å²) < 4.78 is 1.89. The molecule has 3 nitrogen and oxygen atoms in total. The Morgan fingerprint density at radius 1 is 1.54 bits per heavy atom. The summed E-state index contributed by atoms with van der Waals surface area (Å²) in [4.78, 5) is 3.92. The van der Waals surface area contributed by atoms with E-state index in [1.807, 2.05) is 10.8 Å². The quantitative estimate of drug-likeness (QED) is 0.780. The first-order valence-corrected chi connectivity index (χ1v) is 5.48. The van der Waals surface area contributed by atoms with Gasteiger partial charge in [-0.2, -0.15) is 11.8 Å². The zero-order valence-corrected chi connectivity index (χ0v) is 8.87. The maximum atomic E-state index is 9.60. The number of aliphatic hydroxyl groups is 1. The number of rotatable bonds is 5. The Morgan fingerprint density at radius 2 is 2.31 bits per heavy atom. The molecule has 0 saturated heterocycles. The van der Waals surface area contributed by atoms with Crippen molar-refractivity contribution in [3.05, 3.63) is 18.7 Å². The first-order chi connectivity index (χ1) is 6.18. The molecule has 0 aliphatic rings. The van der Waals surface area contributed by atoms with Crippen LogP contribution in [0.3, 0.4) is 0 Å². The van der Waals surface area contributed by atoms with Crippen molar-refractivity contribution in [3.63, 3.8) is 0 Å². The van der Waals surface area contributed by atoms with Crippen molar-refractivity contribution in [2.24, 2.45) is 0 Å². The predicted molar refractivity (Wildman–Crippen MR) is 55.8 cm³/mol. The van der Waals surface area contributed by atoms with E-state index in [-0.39, 0.29) is 6.10 Å². The molecule has 0 aromatic carbocycles. The van der Waals surface area contributed by atoms with Gasteiger partial charge in [0.25, 0.3) is 0 Å². The number of aliphatic hydroxyl groups excluding tert-OH is 1. The van der Waals surface area contributed by atoms with E-state index in [0.717, 1.165) is 5.75 Å². The third-order valence-electron chi connectivity index (χ3n) is 1.60. The lowest BCUT2D eigenvalue weighted by atomic mass is 10.4. The van der Waals surface area contributed by atoms with Gasteiger partial charge in [0.15, 0.2) is 0 Å². The van der Waals surface area contributed by atoms with Crippen LogP contribution in [0.15, 0.2) is 18.7 Å². The molecule has 1 atom stereocenters. The van der Waals surface area contributed by atoms with Crippen LogP contribution in [-0.4, -0.2) is 31.8 Å². The fourth-order valence-electron chi connectivity index (χ4n) is 0.994. The van der Waals surface area contributed by atoms with Crippen molar-refractivity contribution < 1.29 is 5.11 Å². The SMILES string of the molecule is CC(C)SCC(O)Cn1ccnc1. The summed E-state index contributed by atoms with van der Waals surface area (Å²) >= 11 is 1.78. The minimum Gasteiger partial charge on any atom is -0.390 e. The van der Waals surface area contributed by atoms with Gasteiger partial charge in [-0.1, -0.05) is 13.8 Å². The van der Waals surface area contributed by atoms with Crippen molar-refractivity contribution >= 4 is 11.8 Å². The molecule has 1 unspecified atom stereocenters. The number of aromatic nitrogens is 2. The monoisotopic (exact) mass is 200 g/mol. The first kappa shape index (κ1) is 10.6. The molecule has 0 aliphatic heterocycles. The summed E-state index contributed by atoms with van der Waals surface area (Å²) in [6.07, 6.45) is 5.04. The fraction of sp³-hybridized carbons (Fsp3) is 0.667. The van der Waals surface area contributed by atoms with E-state index < -0.39 is 0 Å². The van der Waals surface area contributed by atoms with Crippen LogP contribution < -0.4 is 0 Å². The molecule has 4 heteroatoms. The van der Waals surface area contributed by atoms with E-state index >= 15 is 0 Å². The molecule has 1 heterocycles. The first-order valence-electron chi connectivity index (χ1n) is 4.44. The fourth-order valence-corrected chi connectivity index (χ4v) is 1.71. The van der Waals surface area contributed by atoms with Crippen molar-refractivity contribution in [2.45, 2.75) is 31.7 Å². The Labute approximate surface area is 83.2 Å². The number of nitrogens with zero attached hydrogens (tertiary/aromatic N) is 2. The van der Waals surface area contributed by atoms with Gasteiger partial charge in [0.2, 0.25) is 0 Å². The van der Waals surface area contributed by atoms with E-state index in [4.69, 9.17) is 0 Å². The molecule has 13 heavy (non-hydrogen) atoms. The highest BCUT2D eigenvalue weighted by Crippen LogP contribution is 2.11. The van der Waals surface area contributed by atoms with Gasteiger partial charge >= 0.3 is 0 Å². The van der Waals surface area contributed by atoms with E-state index in [0.29, 0.717) is 11.8 Å². The molecular formula is C9H16N2OS. The molecule has 1 aromatic heterocycles. The van der Waals surface area contributed by atoms with Gasteiger partial charge < -0.3 is 9.67 Å². The normalized spacial score (nSPS) is 13.5. The molecule has 1 rings (SSSR count). The number of imidazole rings is 1. The average Bonchev–Trinajstić information content (AvgIpc) is 2.53. The molecular weight excluding hydrogens is 184 g/mol. The molecule has 0 amide bonds. The van der Waals surface area contributed by atoms with Crippen molar-refractivity contribution in [1.82, 2.24) is 9.55 Å². The topological polar surface area (TPSA) is 38.0 Å². The van der Waals surface area contributed by atoms with Crippen LogP contribution in [0.5, 0.6) is 0 Å². The molecule has 1 aromatic rings. The standard InChI is InChI=1S/C9H16N2OS/c1-8(2)13-6-9(12)5-11-4-3-10-7-11/h3-4,7-9,12H,5-6H2,1-2H3. The maximum Gasteiger partial charge on any atom is 0.0946 e. The molecule has 0 spiro atoms. The zero-order chi connectivity index (χ0) is 9.68. The summed E-state index contributed by atoms with van der Waals surface area (Å²) in [6.45, 7) is 4.91. The van der Waals surface area contributed by atoms with E-state index in [9.17, 15) is 5.11 Å². The highest BCUT2D eigenvalue weighted by molar-refractivity contribution is 7.99. The highest BCUT2D eigenvalue weighted by Gasteiger charge is 2.05. The van der Waals surface area contributed by atoms with Crippen molar-refractivity contribution in [2.75, 3.05) is 5.75 Å². The van der Waals surface area contributed by atoms with Crippen LogP contribution in [0.4, 0.5) is 0 Å². The van der Waals surface area contributed by atoms with E-state index in [1.54, 1.807) is 24.3 Å². The number of hydrogen-bond acceptors (Lipinski definition) is 3. The molecule has 0 bridgehead atoms. The number of thioether (sulfide) groups is 1. The van der Waals surface area contributed by atoms with Crippen LogP contribution in [0, 0.1) is 0 Å². The van der Waals surface area contributed by atoms with Crippen LogP contribution in [0.2, 0.25) is 0 Å². The van der Waals surface area contributed by atoms with E-state index in [2.05, 4.69) is 18.8 Å². The van der Waals surface area contributed by atoms with Gasteiger partial charge in [0.1, 0.15) is 0 Å². The van der Waals surface area contributed by atoms with Gasteiger partial charge in [-0.3, -0.25) is 0 Å². The Bertz CT molecular complexity index is 224. The van der Waals surface area contributed by atoms with Gasteiger partial charge in [-0.15, -0.1) is 0 Å². The number of hydrogen-bond donors (Lipinski definition) is 1. The second-order valence-corrected chi connectivity index (χ2v) is 4.90. The molecule has 0 radical (unpaired) electrons. The Kier molecular flexibility index (Phi) is 4.32. The third-order valence-corrected chi connectivity index (χ3v) is 2.85. The largest absolute Gasteiger partial charge is 0.390 e. The van der Waals surface area contributed by atoms with Crippen molar-refractivity contribution in [3.8, 4) is 0 Å². The van der Waals surface area contributed by atoms with Crippen LogP contribution >= 0.6 is 11.8 Å². The zero-order valence-electron chi connectivity index (χ0n) is 8.05. The van der Waals surface area contributed by atoms with Crippen LogP contribution in [0.25, 0.3) is 0 Å². The molecule has 1 N–H and O–H groups in total. The minimum atomic E-state index is -0.276. The molecule has 0 saturated carbocycles. The van der Waals surface area contributed by atoms with Gasteiger partial charge in [0, 0.05) is 18.1 Å².